The first-order chi connectivity index (χ1) is 40.1. The van der Waals surface area contributed by atoms with E-state index in [2.05, 4.69) is 111 Å². The normalized spacial score (nSPS) is 13.3. The van der Waals surface area contributed by atoms with Crippen LogP contribution in [-0.2, 0) is 33.3 Å². The second-order valence-electron chi connectivity index (χ2n) is 23.7. The number of carboxylic acids is 1. The van der Waals surface area contributed by atoms with E-state index in [4.69, 9.17) is 18.9 Å². The van der Waals surface area contributed by atoms with E-state index in [1.807, 2.05) is 21.1 Å². The average Bonchev–Trinajstić information content (AvgIpc) is 3.47. The summed E-state index contributed by atoms with van der Waals surface area (Å²) in [5.41, 5.74) is 0. The van der Waals surface area contributed by atoms with E-state index in [0.29, 0.717) is 17.4 Å². The number of likely N-dealkylation sites (N-methyl/N-ethyl adjacent to an activating group) is 1. The quantitative estimate of drug-likeness (QED) is 0.0195. The van der Waals surface area contributed by atoms with Gasteiger partial charge in [0, 0.05) is 12.8 Å². The molecule has 0 amide bonds. The lowest BCUT2D eigenvalue weighted by molar-refractivity contribution is -0.870. The van der Waals surface area contributed by atoms with Gasteiger partial charge in [0.05, 0.1) is 40.3 Å². The van der Waals surface area contributed by atoms with Crippen molar-refractivity contribution in [3.63, 3.8) is 0 Å². The summed E-state index contributed by atoms with van der Waals surface area (Å²) in [4.78, 5) is 37.4. The third-order valence-electron chi connectivity index (χ3n) is 14.6. The fraction of sp³-hybridized carbons (Fsp3) is 0.740. The largest absolute Gasteiger partial charge is 0.545 e. The first kappa shape index (κ1) is 78.2. The minimum atomic E-state index is -1.63. The zero-order valence-electron chi connectivity index (χ0n) is 53.8. The number of nitrogens with zero attached hydrogens (tertiary/aromatic N) is 1. The molecule has 82 heavy (non-hydrogen) atoms. The van der Waals surface area contributed by atoms with Crippen LogP contribution >= 0.6 is 0 Å². The highest BCUT2D eigenvalue weighted by molar-refractivity contribution is 5.70. The second-order valence-corrected chi connectivity index (χ2v) is 23.7. The van der Waals surface area contributed by atoms with Crippen molar-refractivity contribution >= 4 is 17.9 Å². The van der Waals surface area contributed by atoms with Gasteiger partial charge in [-0.05, 0) is 77.0 Å². The van der Waals surface area contributed by atoms with Crippen molar-refractivity contribution in [2.75, 3.05) is 47.5 Å². The van der Waals surface area contributed by atoms with Gasteiger partial charge in [0.1, 0.15) is 13.2 Å². The molecule has 0 radical (unpaired) electrons. The Morgan fingerprint density at radius 3 is 1.04 bits per heavy atom. The summed E-state index contributed by atoms with van der Waals surface area (Å²) >= 11 is 0. The Kier molecular flexibility index (Phi) is 60.3. The van der Waals surface area contributed by atoms with Crippen molar-refractivity contribution in [2.24, 2.45) is 0 Å². The Morgan fingerprint density at radius 1 is 0.378 bits per heavy atom. The summed E-state index contributed by atoms with van der Waals surface area (Å²) in [7, 11) is 5.92. The van der Waals surface area contributed by atoms with Crippen LogP contribution < -0.4 is 5.11 Å². The Balaban J connectivity index is 4.21. The minimum absolute atomic E-state index is 0.139. The average molecular weight is 1150 g/mol. The third kappa shape index (κ3) is 63.8. The van der Waals surface area contributed by atoms with E-state index in [1.54, 1.807) is 0 Å². The Morgan fingerprint density at radius 2 is 0.695 bits per heavy atom. The molecule has 472 valence electrons. The lowest BCUT2D eigenvalue weighted by Gasteiger charge is -2.26. The lowest BCUT2D eigenvalue weighted by atomic mass is 10.0. The molecule has 0 saturated carbocycles. The summed E-state index contributed by atoms with van der Waals surface area (Å²) < 4.78 is 22.8. The van der Waals surface area contributed by atoms with Gasteiger partial charge in [-0.15, -0.1) is 0 Å². The van der Waals surface area contributed by atoms with Crippen LogP contribution in [0.2, 0.25) is 0 Å². The third-order valence-corrected chi connectivity index (χ3v) is 14.6. The van der Waals surface area contributed by atoms with Crippen molar-refractivity contribution < 1.29 is 42.9 Å². The predicted molar refractivity (Wildman–Crippen MR) is 347 cm³/mol. The molecule has 0 aliphatic carbocycles. The van der Waals surface area contributed by atoms with Crippen LogP contribution in [-0.4, -0.2) is 82.3 Å². The maximum atomic E-state index is 12.9. The number of carbonyl (C=O) groups excluding carboxylic acids is 3. The molecule has 0 heterocycles. The summed E-state index contributed by atoms with van der Waals surface area (Å²) in [5.74, 6) is -2.31. The highest BCUT2D eigenvalue weighted by Gasteiger charge is 2.22. The molecule has 2 atom stereocenters. The molecule has 0 spiro atoms. The molecule has 0 bridgehead atoms. The smallest absolute Gasteiger partial charge is 0.306 e. The van der Waals surface area contributed by atoms with Crippen LogP contribution in [0.1, 0.15) is 290 Å². The molecule has 0 fully saturated rings. The molecule has 0 aromatic heterocycles. The molecular formula is C73H127NO8. The van der Waals surface area contributed by atoms with Crippen LogP contribution in [0.3, 0.4) is 0 Å². The van der Waals surface area contributed by atoms with Crippen molar-refractivity contribution in [2.45, 2.75) is 302 Å². The molecular weight excluding hydrogens is 1020 g/mol. The molecule has 0 rings (SSSR count). The topological polar surface area (TPSA) is 111 Å². The van der Waals surface area contributed by atoms with Gasteiger partial charge in [0.15, 0.2) is 12.4 Å². The number of aliphatic carboxylic acids is 1. The van der Waals surface area contributed by atoms with Crippen LogP contribution in [0, 0.1) is 0 Å². The maximum Gasteiger partial charge on any atom is 0.306 e. The molecule has 9 heteroatoms. The number of rotatable bonds is 62. The Bertz CT molecular complexity index is 1670. The van der Waals surface area contributed by atoms with Crippen LogP contribution in [0.15, 0.2) is 97.2 Å². The van der Waals surface area contributed by atoms with Gasteiger partial charge < -0.3 is 33.3 Å². The van der Waals surface area contributed by atoms with Gasteiger partial charge in [-0.2, -0.15) is 0 Å². The molecule has 0 aromatic rings. The number of carboxylic acid groups (broad SMARTS) is 1. The number of hydrogen-bond donors (Lipinski definition) is 0. The zero-order chi connectivity index (χ0) is 59.8. The molecule has 0 saturated heterocycles. The number of carbonyl (C=O) groups is 3. The maximum absolute atomic E-state index is 12.9. The summed E-state index contributed by atoms with van der Waals surface area (Å²) in [5, 5.41) is 11.8. The zero-order valence-corrected chi connectivity index (χ0v) is 53.8. The molecule has 0 N–H and O–H groups in total. The van der Waals surface area contributed by atoms with E-state index in [0.717, 1.165) is 96.3 Å². The van der Waals surface area contributed by atoms with Crippen molar-refractivity contribution in [3.8, 4) is 0 Å². The first-order valence-corrected chi connectivity index (χ1v) is 33.9. The van der Waals surface area contributed by atoms with Crippen LogP contribution in [0.25, 0.3) is 0 Å². The van der Waals surface area contributed by atoms with E-state index in [-0.39, 0.29) is 38.6 Å². The number of hydrogen-bond acceptors (Lipinski definition) is 8. The standard InChI is InChI=1S/C73H127NO8/c1-6-8-10-12-14-16-18-20-22-24-26-28-30-32-34-36-38-40-42-44-46-48-50-52-54-56-58-60-62-64-71(76)82-69(68-81-73(72(77)78)79-66-65-74(3,4)5)67-80-70(75)63-61-59-57-55-53-51-49-47-45-43-41-39-37-35-33-31-29-27-25-23-21-19-17-15-13-11-9-7-2/h8,10,14,16,20,22,26,28,32,34,38,40,44,46,50,52,69,73H,6-7,9,11-13,15,17-19,21,23-25,27,29-31,33,35-37,39,41-43,45,47-49,51,53-68H2,1-5H3/b10-8-,16-14-,22-20-,28-26-,34-32-,40-38-,46-44-,52-50-. The monoisotopic (exact) mass is 1150 g/mol. The van der Waals surface area contributed by atoms with Crippen molar-refractivity contribution in [1.29, 1.82) is 0 Å². The van der Waals surface area contributed by atoms with Crippen LogP contribution in [0.4, 0.5) is 0 Å². The first-order valence-electron chi connectivity index (χ1n) is 33.9. The molecule has 9 nitrogen and oxygen atoms in total. The number of allylic oxidation sites excluding steroid dienone is 16. The molecule has 0 aliphatic rings. The number of quaternary nitrogens is 1. The van der Waals surface area contributed by atoms with Crippen molar-refractivity contribution in [3.05, 3.63) is 97.2 Å². The number of ether oxygens (including phenoxy) is 4. The highest BCUT2D eigenvalue weighted by atomic mass is 16.7. The Hall–Kier alpha value is -3.79. The van der Waals surface area contributed by atoms with Gasteiger partial charge in [0.25, 0.3) is 0 Å². The van der Waals surface area contributed by atoms with E-state index in [9.17, 15) is 19.5 Å². The summed E-state index contributed by atoms with van der Waals surface area (Å²) in [6, 6.07) is 0. The van der Waals surface area contributed by atoms with Gasteiger partial charge in [-0.25, -0.2) is 0 Å². The lowest BCUT2D eigenvalue weighted by Crippen LogP contribution is -2.44. The van der Waals surface area contributed by atoms with E-state index in [1.165, 1.54) is 161 Å². The Labute approximate surface area is 505 Å². The van der Waals surface area contributed by atoms with Gasteiger partial charge in [0.2, 0.25) is 0 Å². The fourth-order valence-corrected chi connectivity index (χ4v) is 9.44. The summed E-state index contributed by atoms with van der Waals surface area (Å²) in [6.07, 6.45) is 83.4. The molecule has 0 aromatic carbocycles. The van der Waals surface area contributed by atoms with E-state index >= 15 is 0 Å². The number of esters is 2. The summed E-state index contributed by atoms with van der Waals surface area (Å²) in [6.45, 7) is 4.63. The van der Waals surface area contributed by atoms with E-state index < -0.39 is 24.3 Å². The number of unbranched alkanes of at least 4 members (excludes halogenated alkanes) is 31. The van der Waals surface area contributed by atoms with Crippen LogP contribution in [0.5, 0.6) is 0 Å². The second kappa shape index (κ2) is 63.2. The fourth-order valence-electron chi connectivity index (χ4n) is 9.44. The van der Waals surface area contributed by atoms with Crippen molar-refractivity contribution in [1.82, 2.24) is 0 Å². The predicted octanol–water partition coefficient (Wildman–Crippen LogP) is 19.5. The highest BCUT2D eigenvalue weighted by Crippen LogP contribution is 2.18. The van der Waals surface area contributed by atoms with Gasteiger partial charge >= 0.3 is 11.9 Å². The van der Waals surface area contributed by atoms with Gasteiger partial charge in [-0.1, -0.05) is 297 Å². The molecule has 2 unspecified atom stereocenters. The molecule has 0 aliphatic heterocycles. The minimum Gasteiger partial charge on any atom is -0.545 e. The van der Waals surface area contributed by atoms with Gasteiger partial charge in [-0.3, -0.25) is 9.59 Å². The SMILES string of the molecule is CC/C=C\C/C=C\C/C=C\C/C=C\C/C=C\C/C=C\C/C=C\C/C=C\CCCCCCC(=O)OC(COC(=O)CCCCCCCCCCCCCCCCCCCCCCCCCCCCCC)COC(OCC[N+](C)(C)C)C(=O)[O-].